The van der Waals surface area contributed by atoms with E-state index in [0.29, 0.717) is 16.4 Å². The first-order valence-corrected chi connectivity index (χ1v) is 10.4. The number of hydrogen-bond acceptors (Lipinski definition) is 4. The monoisotopic (exact) mass is 413 g/mol. The van der Waals surface area contributed by atoms with E-state index in [1.54, 1.807) is 0 Å². The second-order valence-corrected chi connectivity index (χ2v) is 8.29. The number of benzene rings is 2. The summed E-state index contributed by atoms with van der Waals surface area (Å²) in [5.74, 6) is 0. The van der Waals surface area contributed by atoms with Crippen LogP contribution in [0.1, 0.15) is 24.8 Å². The van der Waals surface area contributed by atoms with Gasteiger partial charge in [0, 0.05) is 18.7 Å². The molecule has 7 heteroatoms. The third kappa shape index (κ3) is 3.44. The minimum absolute atomic E-state index is 0.114. The van der Waals surface area contributed by atoms with E-state index in [0.717, 1.165) is 60.5 Å². The van der Waals surface area contributed by atoms with Gasteiger partial charge in [0.2, 0.25) is 0 Å². The highest BCUT2D eigenvalue weighted by Crippen LogP contribution is 2.41. The van der Waals surface area contributed by atoms with Crippen molar-refractivity contribution in [3.8, 4) is 11.3 Å². The van der Waals surface area contributed by atoms with Crippen molar-refractivity contribution < 1.29 is 13.2 Å². The maximum atomic E-state index is 13.9. The minimum Gasteiger partial charge on any atom is -0.348 e. The lowest BCUT2D eigenvalue weighted by Crippen LogP contribution is -2.29. The molecule has 0 amide bonds. The molecule has 0 atom stereocenters. The van der Waals surface area contributed by atoms with Gasteiger partial charge in [-0.15, -0.1) is 0 Å². The van der Waals surface area contributed by atoms with E-state index >= 15 is 0 Å². The smallest absolute Gasteiger partial charge is 0.348 e. The largest absolute Gasteiger partial charge is 0.417 e. The zero-order valence-electron chi connectivity index (χ0n) is 15.5. The maximum absolute atomic E-state index is 13.9. The van der Waals surface area contributed by atoms with Gasteiger partial charge < -0.3 is 4.90 Å². The first-order chi connectivity index (χ1) is 14.0. The number of alkyl halides is 3. The summed E-state index contributed by atoms with van der Waals surface area (Å²) in [7, 11) is 0. The van der Waals surface area contributed by atoms with E-state index in [4.69, 9.17) is 0 Å². The van der Waals surface area contributed by atoms with Crippen LogP contribution in [0.25, 0.3) is 32.4 Å². The number of nitrogens with zero attached hydrogens (tertiary/aromatic N) is 3. The van der Waals surface area contributed by atoms with Crippen LogP contribution in [-0.2, 0) is 6.18 Å². The first-order valence-electron chi connectivity index (χ1n) is 9.62. The topological polar surface area (TPSA) is 29.0 Å². The van der Waals surface area contributed by atoms with Gasteiger partial charge in [0.25, 0.3) is 0 Å². The van der Waals surface area contributed by atoms with Crippen LogP contribution in [0, 0.1) is 0 Å². The van der Waals surface area contributed by atoms with Gasteiger partial charge in [0.1, 0.15) is 0 Å². The molecule has 4 aromatic rings. The van der Waals surface area contributed by atoms with Crippen LogP contribution in [-0.4, -0.2) is 23.1 Å². The van der Waals surface area contributed by atoms with E-state index in [-0.39, 0.29) is 10.3 Å². The molecular weight excluding hydrogens is 395 g/mol. The van der Waals surface area contributed by atoms with E-state index in [9.17, 15) is 13.2 Å². The molecule has 1 aliphatic rings. The van der Waals surface area contributed by atoms with Crippen LogP contribution in [0.3, 0.4) is 0 Å². The molecule has 5 rings (SSSR count). The van der Waals surface area contributed by atoms with E-state index in [2.05, 4.69) is 14.9 Å². The Labute approximate surface area is 169 Å². The zero-order valence-corrected chi connectivity index (χ0v) is 16.4. The number of fused-ring (bicyclic) bond motifs is 2. The molecule has 3 nitrogen and oxygen atoms in total. The molecule has 0 spiro atoms. The third-order valence-corrected chi connectivity index (χ3v) is 6.47. The summed E-state index contributed by atoms with van der Waals surface area (Å²) in [5, 5.41) is 2.63. The molecule has 0 aliphatic carbocycles. The Kier molecular flexibility index (Phi) is 4.42. The van der Waals surface area contributed by atoms with Gasteiger partial charge in [-0.2, -0.15) is 18.2 Å². The summed E-state index contributed by atoms with van der Waals surface area (Å²) in [6.45, 7) is 1.66. The van der Waals surface area contributed by atoms with Crippen LogP contribution < -0.4 is 4.90 Å². The van der Waals surface area contributed by atoms with Crippen LogP contribution in [0.4, 0.5) is 18.3 Å². The van der Waals surface area contributed by atoms with Crippen molar-refractivity contribution in [3.63, 3.8) is 0 Å². The highest BCUT2D eigenvalue weighted by Gasteiger charge is 2.35. The van der Waals surface area contributed by atoms with Gasteiger partial charge in [-0.3, -0.25) is 0 Å². The van der Waals surface area contributed by atoms with Crippen molar-refractivity contribution in [3.05, 3.63) is 54.1 Å². The molecule has 3 heterocycles. The molecule has 1 aliphatic heterocycles. The summed E-state index contributed by atoms with van der Waals surface area (Å²) >= 11 is 1.10. The summed E-state index contributed by atoms with van der Waals surface area (Å²) in [6.07, 6.45) is -1.23. The number of rotatable bonds is 2. The van der Waals surface area contributed by atoms with Gasteiger partial charge >= 0.3 is 6.18 Å². The summed E-state index contributed by atoms with van der Waals surface area (Å²) in [5.41, 5.74) is 0.467. The number of piperidine rings is 1. The first kappa shape index (κ1) is 18.4. The molecular formula is C22H18F3N3S. The van der Waals surface area contributed by atoms with Crippen molar-refractivity contribution in [1.82, 2.24) is 9.97 Å². The number of hydrogen-bond donors (Lipinski definition) is 0. The van der Waals surface area contributed by atoms with Crippen molar-refractivity contribution in [2.75, 3.05) is 18.0 Å². The lowest BCUT2D eigenvalue weighted by Gasteiger charge is -2.25. The summed E-state index contributed by atoms with van der Waals surface area (Å²) < 4.78 is 41.7. The van der Waals surface area contributed by atoms with Gasteiger partial charge in [-0.1, -0.05) is 47.7 Å². The number of halogens is 3. The van der Waals surface area contributed by atoms with Crippen molar-refractivity contribution >= 4 is 37.6 Å². The zero-order chi connectivity index (χ0) is 20.0. The molecule has 0 bridgehead atoms. The van der Waals surface area contributed by atoms with E-state index in [1.165, 1.54) is 0 Å². The predicted octanol–water partition coefficient (Wildman–Crippen LogP) is 6.52. The van der Waals surface area contributed by atoms with Crippen molar-refractivity contribution in [2.24, 2.45) is 0 Å². The molecule has 1 fully saturated rings. The lowest BCUT2D eigenvalue weighted by molar-refractivity contribution is -0.136. The quantitative estimate of drug-likeness (QED) is 0.375. The average Bonchev–Trinajstić information content (AvgIpc) is 3.16. The van der Waals surface area contributed by atoms with Gasteiger partial charge in [-0.05, 0) is 42.2 Å². The van der Waals surface area contributed by atoms with Crippen LogP contribution in [0.15, 0.2) is 48.5 Å². The van der Waals surface area contributed by atoms with Crippen LogP contribution in [0.5, 0.6) is 0 Å². The van der Waals surface area contributed by atoms with Crippen LogP contribution >= 0.6 is 11.3 Å². The maximum Gasteiger partial charge on any atom is 0.417 e. The summed E-state index contributed by atoms with van der Waals surface area (Å²) in [6, 6.07) is 14.5. The molecule has 0 saturated carbocycles. The molecule has 1 saturated heterocycles. The highest BCUT2D eigenvalue weighted by molar-refractivity contribution is 7.22. The fraction of sp³-hybridized carbons (Fsp3) is 0.273. The Morgan fingerprint density at radius 3 is 2.38 bits per heavy atom. The second-order valence-electron chi connectivity index (χ2n) is 7.31. The number of aromatic nitrogens is 2. The molecule has 0 N–H and O–H groups in total. The normalized spacial score (nSPS) is 15.3. The highest BCUT2D eigenvalue weighted by atomic mass is 32.1. The van der Waals surface area contributed by atoms with Crippen LogP contribution in [0.2, 0.25) is 0 Å². The second kappa shape index (κ2) is 6.99. The average molecular weight is 413 g/mol. The molecule has 29 heavy (non-hydrogen) atoms. The van der Waals surface area contributed by atoms with Gasteiger partial charge in [0.15, 0.2) is 10.8 Å². The Morgan fingerprint density at radius 1 is 0.862 bits per heavy atom. The Balaban J connectivity index is 1.67. The van der Waals surface area contributed by atoms with E-state index in [1.807, 2.05) is 42.5 Å². The predicted molar refractivity (Wildman–Crippen MR) is 111 cm³/mol. The number of pyridine rings is 1. The molecule has 0 radical (unpaired) electrons. The van der Waals surface area contributed by atoms with Gasteiger partial charge in [0.05, 0.1) is 16.0 Å². The molecule has 2 aromatic heterocycles. The fourth-order valence-corrected chi connectivity index (χ4v) is 4.92. The Hall–Kier alpha value is -2.67. The molecule has 148 valence electrons. The Bertz CT molecular complexity index is 1190. The standard InChI is InChI=1S/C22H18F3N3S/c23-22(24,25)17-13-18(16-9-8-14-6-2-3-7-15(14)12-16)26-20-19(17)29-21(27-20)28-10-4-1-5-11-28/h2-3,6-9,12-13H,1,4-5,10-11H2. The van der Waals surface area contributed by atoms with E-state index < -0.39 is 11.7 Å². The minimum atomic E-state index is -4.46. The fourth-order valence-electron chi connectivity index (χ4n) is 3.83. The molecule has 0 unspecified atom stereocenters. The van der Waals surface area contributed by atoms with Crippen molar-refractivity contribution in [1.29, 1.82) is 0 Å². The number of anilines is 1. The lowest BCUT2D eigenvalue weighted by atomic mass is 10.0. The summed E-state index contributed by atoms with van der Waals surface area (Å²) in [4.78, 5) is 11.1. The van der Waals surface area contributed by atoms with Crippen molar-refractivity contribution in [2.45, 2.75) is 25.4 Å². The third-order valence-electron chi connectivity index (χ3n) is 5.33. The molecule has 2 aromatic carbocycles. The van der Waals surface area contributed by atoms with Gasteiger partial charge in [-0.25, -0.2) is 4.98 Å². The Morgan fingerprint density at radius 2 is 1.62 bits per heavy atom. The SMILES string of the molecule is FC(F)(F)c1cc(-c2ccc3ccccc3c2)nc2nc(N3CCCCC3)sc12. The number of thiazole rings is 1.